The second-order valence-corrected chi connectivity index (χ2v) is 5.06. The van der Waals surface area contributed by atoms with Crippen molar-refractivity contribution in [3.8, 4) is 5.75 Å². The summed E-state index contributed by atoms with van der Waals surface area (Å²) in [5, 5.41) is 17.5. The minimum Gasteiger partial charge on any atom is -0.491 e. The van der Waals surface area contributed by atoms with E-state index in [0.717, 1.165) is 31.4 Å². The average Bonchev–Trinajstić information content (AvgIpc) is 2.47. The maximum Gasteiger partial charge on any atom is 0.306 e. The van der Waals surface area contributed by atoms with E-state index in [0.29, 0.717) is 6.61 Å². The summed E-state index contributed by atoms with van der Waals surface area (Å²) >= 11 is 0. The Labute approximate surface area is 127 Å². The van der Waals surface area contributed by atoms with Crippen LogP contribution in [0.3, 0.4) is 0 Å². The van der Waals surface area contributed by atoms with Gasteiger partial charge < -0.3 is 14.9 Å². The van der Waals surface area contributed by atoms with Crippen LogP contribution in [0.15, 0.2) is 30.3 Å². The zero-order valence-electron chi connectivity index (χ0n) is 13.3. The molecule has 1 rings (SSSR count). The van der Waals surface area contributed by atoms with Crippen molar-refractivity contribution >= 4 is 5.97 Å². The summed E-state index contributed by atoms with van der Waals surface area (Å²) in [6.45, 7) is 6.05. The molecule has 120 valence electrons. The number of rotatable bonds is 8. The summed E-state index contributed by atoms with van der Waals surface area (Å²) in [6, 6.07) is 9.45. The van der Waals surface area contributed by atoms with Gasteiger partial charge in [-0.2, -0.15) is 0 Å². The molecule has 2 atom stereocenters. The first kappa shape index (κ1) is 19.4. The van der Waals surface area contributed by atoms with E-state index in [2.05, 4.69) is 6.92 Å². The lowest BCUT2D eigenvalue weighted by molar-refractivity contribution is -0.142. The Kier molecular flexibility index (Phi) is 11.3. The number of unbranched alkanes of at least 4 members (excludes halogenated alkanes) is 1. The first-order valence-corrected chi connectivity index (χ1v) is 7.59. The Morgan fingerprint density at radius 1 is 1.24 bits per heavy atom. The number of carbonyl (C=O) groups is 1. The third-order valence-corrected chi connectivity index (χ3v) is 2.98. The van der Waals surface area contributed by atoms with Crippen molar-refractivity contribution in [1.29, 1.82) is 0 Å². The molecule has 2 unspecified atom stereocenters. The first-order valence-electron chi connectivity index (χ1n) is 7.59. The Morgan fingerprint density at radius 3 is 2.29 bits per heavy atom. The van der Waals surface area contributed by atoms with Crippen LogP contribution in [0.1, 0.15) is 46.5 Å². The van der Waals surface area contributed by atoms with Crippen LogP contribution in [0.2, 0.25) is 0 Å². The first-order chi connectivity index (χ1) is 10.0. The van der Waals surface area contributed by atoms with Gasteiger partial charge in [0.15, 0.2) is 0 Å². The monoisotopic (exact) mass is 296 g/mol. The van der Waals surface area contributed by atoms with E-state index in [-0.39, 0.29) is 5.92 Å². The van der Waals surface area contributed by atoms with Gasteiger partial charge in [0.1, 0.15) is 12.4 Å². The number of hydrogen-bond donors (Lipinski definition) is 2. The number of para-hydroxylation sites is 1. The molecule has 0 spiro atoms. The fraction of sp³-hybridized carbons (Fsp3) is 0.588. The Balaban J connectivity index is 0.000000384. The zero-order valence-corrected chi connectivity index (χ0v) is 13.3. The topological polar surface area (TPSA) is 66.8 Å². The van der Waals surface area contributed by atoms with Crippen molar-refractivity contribution in [1.82, 2.24) is 0 Å². The molecule has 0 radical (unpaired) electrons. The SMILES string of the molecule is CC(O)COc1ccccc1.CCCCC(CC)C(=O)O. The van der Waals surface area contributed by atoms with Gasteiger partial charge in [-0.3, -0.25) is 4.79 Å². The molecule has 0 bridgehead atoms. The standard InChI is InChI=1S/C9H12O2.C8H16O2/c1-8(10)7-11-9-5-3-2-4-6-9;1-3-5-6-7(4-2)8(9)10/h2-6,8,10H,7H2,1H3;7H,3-6H2,1-2H3,(H,9,10). The maximum absolute atomic E-state index is 10.4. The number of carboxylic acids is 1. The highest BCUT2D eigenvalue weighted by atomic mass is 16.5. The van der Waals surface area contributed by atoms with Gasteiger partial charge in [0.2, 0.25) is 0 Å². The Morgan fingerprint density at radius 2 is 1.86 bits per heavy atom. The van der Waals surface area contributed by atoms with Crippen LogP contribution in [0, 0.1) is 5.92 Å². The molecule has 0 saturated heterocycles. The lowest BCUT2D eigenvalue weighted by atomic mass is 10.00. The number of carboxylic acid groups (broad SMARTS) is 1. The molecule has 0 amide bonds. The molecule has 0 saturated carbocycles. The van der Waals surface area contributed by atoms with Gasteiger partial charge in [-0.25, -0.2) is 0 Å². The summed E-state index contributed by atoms with van der Waals surface area (Å²) in [7, 11) is 0. The summed E-state index contributed by atoms with van der Waals surface area (Å²) in [5.74, 6) is 0.0456. The van der Waals surface area contributed by atoms with Gasteiger partial charge in [-0.15, -0.1) is 0 Å². The number of aliphatic hydroxyl groups excluding tert-OH is 1. The summed E-state index contributed by atoms with van der Waals surface area (Å²) in [4.78, 5) is 10.4. The van der Waals surface area contributed by atoms with Gasteiger partial charge >= 0.3 is 5.97 Å². The van der Waals surface area contributed by atoms with Crippen molar-refractivity contribution < 1.29 is 19.7 Å². The van der Waals surface area contributed by atoms with Gasteiger partial charge in [0, 0.05) is 0 Å². The van der Waals surface area contributed by atoms with Crippen molar-refractivity contribution in [2.45, 2.75) is 52.6 Å². The molecule has 4 nitrogen and oxygen atoms in total. The lowest BCUT2D eigenvalue weighted by Gasteiger charge is -2.06. The molecular weight excluding hydrogens is 268 g/mol. The van der Waals surface area contributed by atoms with E-state index in [9.17, 15) is 4.79 Å². The smallest absolute Gasteiger partial charge is 0.306 e. The zero-order chi connectivity index (χ0) is 16.1. The highest BCUT2D eigenvalue weighted by Gasteiger charge is 2.12. The molecule has 1 aromatic rings. The molecule has 0 aromatic heterocycles. The van der Waals surface area contributed by atoms with Crippen LogP contribution in [0.5, 0.6) is 5.75 Å². The molecule has 0 fully saturated rings. The van der Waals surface area contributed by atoms with Crippen LogP contribution >= 0.6 is 0 Å². The van der Waals surface area contributed by atoms with Crippen LogP contribution < -0.4 is 4.74 Å². The second kappa shape index (κ2) is 12.2. The molecule has 0 aliphatic rings. The highest BCUT2D eigenvalue weighted by Crippen LogP contribution is 2.11. The quantitative estimate of drug-likeness (QED) is 0.767. The number of ether oxygens (including phenoxy) is 1. The van der Waals surface area contributed by atoms with Crippen LogP contribution in [0.25, 0.3) is 0 Å². The highest BCUT2D eigenvalue weighted by molar-refractivity contribution is 5.69. The molecule has 0 aliphatic carbocycles. The minimum absolute atomic E-state index is 0.111. The predicted molar refractivity (Wildman–Crippen MR) is 84.6 cm³/mol. The third-order valence-electron chi connectivity index (χ3n) is 2.98. The molecule has 4 heteroatoms. The van der Waals surface area contributed by atoms with Crippen LogP contribution in [0.4, 0.5) is 0 Å². The number of benzene rings is 1. The van der Waals surface area contributed by atoms with E-state index in [1.54, 1.807) is 6.92 Å². The minimum atomic E-state index is -0.643. The lowest BCUT2D eigenvalue weighted by Crippen LogP contribution is -2.12. The largest absolute Gasteiger partial charge is 0.491 e. The van der Waals surface area contributed by atoms with E-state index in [4.69, 9.17) is 14.9 Å². The summed E-state index contributed by atoms with van der Waals surface area (Å²) in [5.41, 5.74) is 0. The van der Waals surface area contributed by atoms with E-state index in [1.807, 2.05) is 37.3 Å². The molecule has 2 N–H and O–H groups in total. The van der Waals surface area contributed by atoms with Crippen molar-refractivity contribution in [3.05, 3.63) is 30.3 Å². The van der Waals surface area contributed by atoms with Crippen molar-refractivity contribution in [3.63, 3.8) is 0 Å². The fourth-order valence-corrected chi connectivity index (χ4v) is 1.69. The van der Waals surface area contributed by atoms with E-state index >= 15 is 0 Å². The molecule has 0 aliphatic heterocycles. The number of aliphatic carboxylic acids is 1. The normalized spacial score (nSPS) is 12.8. The van der Waals surface area contributed by atoms with E-state index < -0.39 is 12.1 Å². The fourth-order valence-electron chi connectivity index (χ4n) is 1.69. The van der Waals surface area contributed by atoms with Crippen LogP contribution in [-0.2, 0) is 4.79 Å². The number of aliphatic hydroxyl groups is 1. The van der Waals surface area contributed by atoms with Crippen LogP contribution in [-0.4, -0.2) is 28.9 Å². The Hall–Kier alpha value is -1.55. The van der Waals surface area contributed by atoms with E-state index in [1.165, 1.54) is 0 Å². The molecular formula is C17H28O4. The summed E-state index contributed by atoms with van der Waals surface area (Å²) < 4.78 is 5.22. The Bertz CT molecular complexity index is 362. The van der Waals surface area contributed by atoms with Gasteiger partial charge in [-0.1, -0.05) is 44.9 Å². The molecule has 1 aromatic carbocycles. The van der Waals surface area contributed by atoms with Gasteiger partial charge in [0.25, 0.3) is 0 Å². The van der Waals surface area contributed by atoms with Crippen molar-refractivity contribution in [2.75, 3.05) is 6.61 Å². The molecule has 21 heavy (non-hydrogen) atoms. The second-order valence-electron chi connectivity index (χ2n) is 5.06. The molecule has 0 heterocycles. The number of hydrogen-bond acceptors (Lipinski definition) is 3. The summed E-state index contributed by atoms with van der Waals surface area (Å²) in [6.07, 6.45) is 3.31. The third kappa shape index (κ3) is 10.9. The predicted octanol–water partition coefficient (Wildman–Crippen LogP) is 3.73. The average molecular weight is 296 g/mol. The van der Waals surface area contributed by atoms with Gasteiger partial charge in [-0.05, 0) is 31.9 Å². The van der Waals surface area contributed by atoms with Gasteiger partial charge in [0.05, 0.1) is 12.0 Å². The van der Waals surface area contributed by atoms with Crippen molar-refractivity contribution in [2.24, 2.45) is 5.92 Å². The maximum atomic E-state index is 10.4.